The minimum atomic E-state index is -4.06. The summed E-state index contributed by atoms with van der Waals surface area (Å²) in [7, 11) is 0. The van der Waals surface area contributed by atoms with Gasteiger partial charge in [0.1, 0.15) is 12.6 Å². The zero-order valence-corrected chi connectivity index (χ0v) is 5.41. The van der Waals surface area contributed by atoms with Crippen molar-refractivity contribution >= 4 is 0 Å². The first-order valence-corrected chi connectivity index (χ1v) is 3.22. The van der Waals surface area contributed by atoms with Gasteiger partial charge in [-0.25, -0.2) is 0 Å². The molecule has 0 spiro atoms. The molecule has 1 heterocycles. The van der Waals surface area contributed by atoms with Gasteiger partial charge in [-0.2, -0.15) is 13.2 Å². The van der Waals surface area contributed by atoms with E-state index in [1.165, 1.54) is 0 Å². The summed E-state index contributed by atoms with van der Waals surface area (Å²) in [6.07, 6.45) is -1.49. The van der Waals surface area contributed by atoms with Crippen LogP contribution in [0.1, 0.15) is 12.8 Å². The molecule has 4 heteroatoms. The normalized spacial score (nSPS) is 27.7. The summed E-state index contributed by atoms with van der Waals surface area (Å²) in [6, 6.07) is -1.28. The van der Waals surface area contributed by atoms with Gasteiger partial charge in [-0.3, -0.25) is 5.32 Å². The summed E-state index contributed by atoms with van der Waals surface area (Å²) >= 11 is 0. The minimum Gasteiger partial charge on any atom is -0.268 e. The van der Waals surface area contributed by atoms with Crippen LogP contribution in [0.25, 0.3) is 0 Å². The van der Waals surface area contributed by atoms with Crippen LogP contribution < -0.4 is 5.32 Å². The summed E-state index contributed by atoms with van der Waals surface area (Å²) in [5, 5.41) is 2.38. The number of alkyl halides is 3. The Bertz CT molecular complexity index is 104. The molecule has 0 saturated carbocycles. The second-order valence-electron chi connectivity index (χ2n) is 2.37. The topological polar surface area (TPSA) is 12.0 Å². The lowest BCUT2D eigenvalue weighted by Gasteiger charge is -2.21. The lowest BCUT2D eigenvalue weighted by molar-refractivity contribution is -0.158. The van der Waals surface area contributed by atoms with Crippen molar-refractivity contribution in [2.45, 2.75) is 25.1 Å². The summed E-state index contributed by atoms with van der Waals surface area (Å²) in [6.45, 7) is 0.379. The van der Waals surface area contributed by atoms with Crippen LogP contribution in [0.2, 0.25) is 0 Å². The van der Waals surface area contributed by atoms with E-state index in [4.69, 9.17) is 0 Å². The molecule has 1 atom stereocenters. The summed E-state index contributed by atoms with van der Waals surface area (Å²) in [5.41, 5.74) is 0. The van der Waals surface area contributed by atoms with Gasteiger partial charge in [-0.05, 0) is 0 Å². The Morgan fingerprint density at radius 1 is 1.40 bits per heavy atom. The summed E-state index contributed by atoms with van der Waals surface area (Å²) < 4.78 is 35.6. The maximum atomic E-state index is 11.9. The van der Waals surface area contributed by atoms with E-state index in [0.29, 0.717) is 13.0 Å². The van der Waals surface area contributed by atoms with Gasteiger partial charge in [-0.15, -0.1) is 0 Å². The van der Waals surface area contributed by atoms with E-state index in [9.17, 15) is 13.2 Å². The maximum Gasteiger partial charge on any atom is 0.404 e. The highest BCUT2D eigenvalue weighted by Gasteiger charge is 2.41. The van der Waals surface area contributed by atoms with E-state index < -0.39 is 12.2 Å². The van der Waals surface area contributed by atoms with Gasteiger partial charge in [0, 0.05) is 6.42 Å². The van der Waals surface area contributed by atoms with E-state index in [1.807, 2.05) is 6.42 Å². The molecule has 10 heavy (non-hydrogen) atoms. The molecular formula is C6H9F3N+. The molecule has 1 aliphatic heterocycles. The van der Waals surface area contributed by atoms with Crippen molar-refractivity contribution in [2.75, 3.05) is 6.54 Å². The molecule has 1 saturated heterocycles. The highest BCUT2D eigenvalue weighted by Crippen LogP contribution is 2.25. The first-order chi connectivity index (χ1) is 4.61. The van der Waals surface area contributed by atoms with Gasteiger partial charge in [0.25, 0.3) is 0 Å². The third-order valence-electron chi connectivity index (χ3n) is 1.56. The van der Waals surface area contributed by atoms with E-state index in [1.54, 1.807) is 0 Å². The Morgan fingerprint density at radius 3 is 2.40 bits per heavy atom. The molecule has 58 valence electrons. The van der Waals surface area contributed by atoms with Crippen LogP contribution in [0.3, 0.4) is 0 Å². The average molecular weight is 152 g/mol. The number of rotatable bonds is 0. The molecule has 0 aliphatic carbocycles. The smallest absolute Gasteiger partial charge is 0.268 e. The van der Waals surface area contributed by atoms with Gasteiger partial charge >= 0.3 is 6.18 Å². The number of hydrogen-bond donors (Lipinski definition) is 1. The van der Waals surface area contributed by atoms with Crippen molar-refractivity contribution in [3.63, 3.8) is 0 Å². The molecule has 0 amide bonds. The van der Waals surface area contributed by atoms with Crippen molar-refractivity contribution in [2.24, 2.45) is 0 Å². The predicted octanol–water partition coefficient (Wildman–Crippen LogP) is 1.50. The molecular weight excluding hydrogens is 143 g/mol. The van der Waals surface area contributed by atoms with Crippen LogP contribution in [0.15, 0.2) is 0 Å². The fourth-order valence-corrected chi connectivity index (χ4v) is 0.994. The van der Waals surface area contributed by atoms with Crippen molar-refractivity contribution in [3.8, 4) is 0 Å². The van der Waals surface area contributed by atoms with E-state index in [2.05, 4.69) is 5.32 Å². The fourth-order valence-electron chi connectivity index (χ4n) is 0.994. The molecule has 1 unspecified atom stereocenters. The van der Waals surface area contributed by atoms with Gasteiger partial charge in [0.05, 0.1) is 12.8 Å². The van der Waals surface area contributed by atoms with Crippen molar-refractivity contribution in [3.05, 3.63) is 6.42 Å². The fraction of sp³-hybridized carbons (Fsp3) is 0.833. The molecule has 0 aromatic heterocycles. The minimum absolute atomic E-state index is 0.184. The number of halogens is 3. The first-order valence-electron chi connectivity index (χ1n) is 3.22. The number of nitrogens with one attached hydrogen (secondary N) is 1. The van der Waals surface area contributed by atoms with Crippen LogP contribution in [0.5, 0.6) is 0 Å². The molecule has 1 aliphatic rings. The Morgan fingerprint density at radius 2 is 2.10 bits per heavy atom. The Hall–Kier alpha value is -0.380. The van der Waals surface area contributed by atoms with Gasteiger partial charge < -0.3 is 0 Å². The third kappa shape index (κ3) is 1.80. The predicted molar refractivity (Wildman–Crippen MR) is 31.4 cm³/mol. The van der Waals surface area contributed by atoms with Gasteiger partial charge in [0.15, 0.2) is 0 Å². The second kappa shape index (κ2) is 2.70. The zero-order valence-electron chi connectivity index (χ0n) is 5.41. The molecule has 0 bridgehead atoms. The Labute approximate surface area is 57.6 Å². The summed E-state index contributed by atoms with van der Waals surface area (Å²) in [4.78, 5) is 0. The van der Waals surface area contributed by atoms with E-state index >= 15 is 0 Å². The molecule has 0 radical (unpaired) electrons. The van der Waals surface area contributed by atoms with Crippen molar-refractivity contribution < 1.29 is 13.2 Å². The number of hydrogen-bond acceptors (Lipinski definition) is 1. The van der Waals surface area contributed by atoms with Gasteiger partial charge in [-0.1, -0.05) is 0 Å². The van der Waals surface area contributed by atoms with Crippen LogP contribution in [-0.4, -0.2) is 18.8 Å². The molecule has 1 N–H and O–H groups in total. The van der Waals surface area contributed by atoms with Crippen LogP contribution >= 0.6 is 0 Å². The largest absolute Gasteiger partial charge is 0.404 e. The van der Waals surface area contributed by atoms with E-state index in [0.717, 1.165) is 0 Å². The van der Waals surface area contributed by atoms with Crippen molar-refractivity contribution in [1.82, 2.24) is 5.32 Å². The third-order valence-corrected chi connectivity index (χ3v) is 1.56. The Balaban J connectivity index is 2.39. The molecule has 1 fully saturated rings. The SMILES string of the molecule is FC(F)(F)C1CC[CH+]CN1. The average Bonchev–Trinajstić information content (AvgIpc) is 1.88. The Kier molecular flexibility index (Phi) is 2.08. The van der Waals surface area contributed by atoms with Crippen LogP contribution in [-0.2, 0) is 0 Å². The molecule has 1 rings (SSSR count). The van der Waals surface area contributed by atoms with Crippen LogP contribution in [0.4, 0.5) is 13.2 Å². The standard InChI is InChI=1S/C6H9F3N/c7-6(8,9)5-3-1-2-4-10-5/h2,5,10H,1,3-4H2/q+1. The van der Waals surface area contributed by atoms with Gasteiger partial charge in [0.2, 0.25) is 0 Å². The molecule has 0 aromatic carbocycles. The first kappa shape index (κ1) is 7.72. The lowest BCUT2D eigenvalue weighted by Crippen LogP contribution is -2.45. The zero-order chi connectivity index (χ0) is 7.61. The summed E-state index contributed by atoms with van der Waals surface area (Å²) in [5.74, 6) is 0. The van der Waals surface area contributed by atoms with E-state index in [-0.39, 0.29) is 6.42 Å². The lowest BCUT2D eigenvalue weighted by atomic mass is 10.1. The molecule has 0 aromatic rings. The number of piperidine rings is 1. The highest BCUT2D eigenvalue weighted by molar-refractivity contribution is 4.85. The monoisotopic (exact) mass is 152 g/mol. The highest BCUT2D eigenvalue weighted by atomic mass is 19.4. The van der Waals surface area contributed by atoms with Crippen molar-refractivity contribution in [1.29, 1.82) is 0 Å². The quantitative estimate of drug-likeness (QED) is 0.519. The van der Waals surface area contributed by atoms with Crippen LogP contribution in [0, 0.1) is 6.42 Å². The maximum absolute atomic E-state index is 11.9. The second-order valence-corrected chi connectivity index (χ2v) is 2.37. The molecule has 1 nitrogen and oxygen atoms in total.